The van der Waals surface area contributed by atoms with Crippen LogP contribution in [-0.2, 0) is 6.42 Å². The van der Waals surface area contributed by atoms with Gasteiger partial charge in [0.1, 0.15) is 12.2 Å². The van der Waals surface area contributed by atoms with Crippen molar-refractivity contribution in [3.63, 3.8) is 0 Å². The predicted molar refractivity (Wildman–Crippen MR) is 172 cm³/mol. The van der Waals surface area contributed by atoms with Crippen LogP contribution in [0.4, 0.5) is 4.39 Å². The Hall–Kier alpha value is -3.27. The smallest absolute Gasteiger partial charge is 0.168 e. The third-order valence-corrected chi connectivity index (χ3v) is 7.67. The largest absolute Gasteiger partial charge is 0.285 e. The van der Waals surface area contributed by atoms with Crippen LogP contribution in [0.3, 0.4) is 0 Å². The van der Waals surface area contributed by atoms with Crippen LogP contribution in [0.15, 0.2) is 89.6 Å². The highest BCUT2D eigenvalue weighted by Crippen LogP contribution is 2.35. The van der Waals surface area contributed by atoms with Crippen LogP contribution in [-0.4, -0.2) is 14.6 Å². The summed E-state index contributed by atoms with van der Waals surface area (Å²) in [5, 5.41) is 8.74. The van der Waals surface area contributed by atoms with Crippen LogP contribution in [0.1, 0.15) is 104 Å². The summed E-state index contributed by atoms with van der Waals surface area (Å²) in [4.78, 5) is 0. The van der Waals surface area contributed by atoms with E-state index in [2.05, 4.69) is 87.2 Å². The fourth-order valence-electron chi connectivity index (χ4n) is 5.36. The molecule has 3 nitrogen and oxygen atoms in total. The van der Waals surface area contributed by atoms with Crippen LogP contribution < -0.4 is 0 Å². The zero-order valence-electron chi connectivity index (χ0n) is 26.3. The molecule has 2 heterocycles. The molecule has 1 atom stereocenters. The summed E-state index contributed by atoms with van der Waals surface area (Å²) in [5.41, 5.74) is 12.0. The van der Waals surface area contributed by atoms with Crippen molar-refractivity contribution < 1.29 is 4.39 Å². The van der Waals surface area contributed by atoms with Gasteiger partial charge in [-0.2, -0.15) is 0 Å². The molecule has 0 fully saturated rings. The van der Waals surface area contributed by atoms with Gasteiger partial charge in [-0.3, -0.25) is 4.40 Å². The second-order valence-corrected chi connectivity index (χ2v) is 11.3. The van der Waals surface area contributed by atoms with E-state index in [1.165, 1.54) is 16.7 Å². The van der Waals surface area contributed by atoms with Gasteiger partial charge in [-0.1, -0.05) is 75.3 Å². The molecule has 0 radical (unpaired) electrons. The van der Waals surface area contributed by atoms with Crippen molar-refractivity contribution in [2.24, 2.45) is 5.92 Å². The summed E-state index contributed by atoms with van der Waals surface area (Å²) in [6.45, 7) is 28.8. The highest BCUT2D eigenvalue weighted by Gasteiger charge is 2.20. The van der Waals surface area contributed by atoms with Crippen LogP contribution in [0, 0.1) is 12.8 Å². The lowest BCUT2D eigenvalue weighted by molar-refractivity contribution is 0.578. The average molecular weight is 544 g/mol. The maximum atomic E-state index is 14.7. The molecule has 0 spiro atoms. The maximum Gasteiger partial charge on any atom is 0.168 e. The molecule has 0 N–H and O–H groups in total. The number of hydrogen-bond acceptors (Lipinski definition) is 2. The molecule has 0 aliphatic rings. The standard InChI is InChI=1S/C36H50FN3/c1-12-15-30(13-2)35(32(14-3)28(10)37)27(9)19-20-31-22-34(36-39-38-23-40(36)29(31)11)33(25(6)7)21-18-26(8)17-16-24(4)5/h13,18,21-23,27H,2,4,8,12,14-17,19-20H2,1,3,5-7,9-11H3/b21-18-,32-28+,35-30+. The molecule has 0 amide bonds. The van der Waals surface area contributed by atoms with Crippen LogP contribution in [0.25, 0.3) is 11.2 Å². The van der Waals surface area contributed by atoms with E-state index >= 15 is 0 Å². The Kier molecular flexibility index (Phi) is 12.8. The molecule has 2 aromatic rings. The van der Waals surface area contributed by atoms with Crippen molar-refractivity contribution >= 4 is 11.2 Å². The van der Waals surface area contributed by atoms with E-state index in [9.17, 15) is 4.39 Å². The highest BCUT2D eigenvalue weighted by molar-refractivity contribution is 5.84. The molecule has 0 aromatic carbocycles. The minimum absolute atomic E-state index is 0.0889. The topological polar surface area (TPSA) is 30.2 Å². The summed E-state index contributed by atoms with van der Waals surface area (Å²) in [6, 6.07) is 2.27. The summed E-state index contributed by atoms with van der Waals surface area (Å²) in [7, 11) is 0. The van der Waals surface area contributed by atoms with E-state index < -0.39 is 0 Å². The number of hydrogen-bond donors (Lipinski definition) is 0. The summed E-state index contributed by atoms with van der Waals surface area (Å²) >= 11 is 0. The Morgan fingerprint density at radius 3 is 2.33 bits per heavy atom. The van der Waals surface area contributed by atoms with Crippen molar-refractivity contribution in [1.29, 1.82) is 0 Å². The van der Waals surface area contributed by atoms with E-state index in [0.29, 0.717) is 6.42 Å². The zero-order valence-corrected chi connectivity index (χ0v) is 26.3. The number of aromatic nitrogens is 3. The lowest BCUT2D eigenvalue weighted by Gasteiger charge is -2.23. The molecule has 1 unspecified atom stereocenters. The van der Waals surface area contributed by atoms with Gasteiger partial charge in [0.25, 0.3) is 0 Å². The Balaban J connectivity index is 2.52. The van der Waals surface area contributed by atoms with Crippen LogP contribution in [0.2, 0.25) is 0 Å². The predicted octanol–water partition coefficient (Wildman–Crippen LogP) is 10.8. The van der Waals surface area contributed by atoms with E-state index in [-0.39, 0.29) is 11.7 Å². The van der Waals surface area contributed by atoms with Gasteiger partial charge in [0, 0.05) is 11.3 Å². The van der Waals surface area contributed by atoms with Crippen LogP contribution >= 0.6 is 0 Å². The van der Waals surface area contributed by atoms with Crippen molar-refractivity contribution in [3.05, 3.63) is 106 Å². The molecular formula is C36H50FN3. The van der Waals surface area contributed by atoms with Gasteiger partial charge in [0.2, 0.25) is 0 Å². The van der Waals surface area contributed by atoms with Gasteiger partial charge in [-0.15, -0.1) is 16.8 Å². The van der Waals surface area contributed by atoms with E-state index in [0.717, 1.165) is 83.3 Å². The van der Waals surface area contributed by atoms with Gasteiger partial charge in [0.15, 0.2) is 5.65 Å². The Bertz CT molecular complexity index is 1350. The monoisotopic (exact) mass is 543 g/mol. The number of nitrogens with zero attached hydrogens (tertiary/aromatic N) is 3. The Morgan fingerprint density at radius 1 is 1.07 bits per heavy atom. The van der Waals surface area contributed by atoms with E-state index in [4.69, 9.17) is 0 Å². The number of fused-ring (bicyclic) bond motifs is 1. The first-order valence-electron chi connectivity index (χ1n) is 14.7. The molecule has 2 aromatic heterocycles. The Morgan fingerprint density at radius 2 is 1.77 bits per heavy atom. The number of rotatable bonds is 15. The molecule has 2 rings (SSSR count). The fourth-order valence-corrected chi connectivity index (χ4v) is 5.36. The lowest BCUT2D eigenvalue weighted by atomic mass is 9.82. The second-order valence-electron chi connectivity index (χ2n) is 11.3. The number of aryl methyl sites for hydroxylation is 2. The normalized spacial score (nSPS) is 13.7. The van der Waals surface area contributed by atoms with Gasteiger partial charge in [-0.25, -0.2) is 4.39 Å². The fraction of sp³-hybridized carbons (Fsp3) is 0.444. The third kappa shape index (κ3) is 8.36. The van der Waals surface area contributed by atoms with Crippen LogP contribution in [0.5, 0.6) is 0 Å². The highest BCUT2D eigenvalue weighted by atomic mass is 19.1. The maximum absolute atomic E-state index is 14.7. The number of pyridine rings is 1. The number of halogens is 1. The van der Waals surface area contributed by atoms with Crippen molar-refractivity contribution in [1.82, 2.24) is 14.6 Å². The van der Waals surface area contributed by atoms with Crippen molar-refractivity contribution in [3.8, 4) is 0 Å². The second kappa shape index (κ2) is 15.5. The quantitative estimate of drug-likeness (QED) is 0.165. The Labute approximate surface area is 242 Å². The molecule has 4 heteroatoms. The zero-order chi connectivity index (χ0) is 30.0. The van der Waals surface area contributed by atoms with E-state index in [1.54, 1.807) is 13.3 Å². The van der Waals surface area contributed by atoms with Crippen molar-refractivity contribution in [2.75, 3.05) is 0 Å². The van der Waals surface area contributed by atoms with Gasteiger partial charge >= 0.3 is 0 Å². The van der Waals surface area contributed by atoms with Gasteiger partial charge in [0.05, 0.1) is 0 Å². The summed E-state index contributed by atoms with van der Waals surface area (Å²) in [6.07, 6.45) is 14.2. The minimum Gasteiger partial charge on any atom is -0.285 e. The minimum atomic E-state index is -0.0889. The lowest BCUT2D eigenvalue weighted by Crippen LogP contribution is -2.10. The molecule has 0 saturated heterocycles. The number of allylic oxidation sites excluding steroid dienone is 11. The SMILES string of the molecule is C=C/C(CCC)=C(\C(CC)=C(/C)F)C(C)CCc1cc(C(/C=C\C(=C)CCC(=C)C)=C(C)C)c2nncn2c1C. The first-order chi connectivity index (χ1) is 19.0. The first-order valence-corrected chi connectivity index (χ1v) is 14.7. The molecule has 0 aliphatic carbocycles. The summed E-state index contributed by atoms with van der Waals surface area (Å²) in [5.74, 6) is 0.105. The molecule has 40 heavy (non-hydrogen) atoms. The molecule has 0 aliphatic heterocycles. The third-order valence-electron chi connectivity index (χ3n) is 7.67. The molecule has 0 bridgehead atoms. The molecule has 216 valence electrons. The average Bonchev–Trinajstić information content (AvgIpc) is 3.40. The van der Waals surface area contributed by atoms with Gasteiger partial charge < -0.3 is 0 Å². The molecular weight excluding hydrogens is 493 g/mol. The van der Waals surface area contributed by atoms with E-state index in [1.807, 2.05) is 19.9 Å². The molecule has 0 saturated carbocycles. The van der Waals surface area contributed by atoms with Crippen molar-refractivity contribution in [2.45, 2.75) is 100 Å². The van der Waals surface area contributed by atoms with Gasteiger partial charge in [-0.05, 0) is 113 Å². The summed E-state index contributed by atoms with van der Waals surface area (Å²) < 4.78 is 16.8. The first kappa shape index (κ1) is 32.9.